The molecule has 0 bridgehead atoms. The molecule has 1 amide bonds. The predicted molar refractivity (Wildman–Crippen MR) is 105 cm³/mol. The molecular weight excluding hydrogens is 360 g/mol. The van der Waals surface area contributed by atoms with Crippen LogP contribution in [0.5, 0.6) is 0 Å². The number of nitrogens with one attached hydrogen (secondary N) is 1. The fourth-order valence-electron chi connectivity index (χ4n) is 4.58. The summed E-state index contributed by atoms with van der Waals surface area (Å²) in [6.45, 7) is 0.792. The van der Waals surface area contributed by atoms with Gasteiger partial charge in [0.1, 0.15) is 0 Å². The van der Waals surface area contributed by atoms with Gasteiger partial charge in [-0.2, -0.15) is 5.26 Å². The van der Waals surface area contributed by atoms with Gasteiger partial charge in [-0.25, -0.2) is 4.98 Å². The summed E-state index contributed by atoms with van der Waals surface area (Å²) in [7, 11) is 0. The lowest BCUT2D eigenvalue weighted by Gasteiger charge is -2.38. The van der Waals surface area contributed by atoms with E-state index >= 15 is 0 Å². The van der Waals surface area contributed by atoms with Gasteiger partial charge < -0.3 is 9.88 Å². The molecule has 1 fully saturated rings. The summed E-state index contributed by atoms with van der Waals surface area (Å²) < 4.78 is 0. The highest BCUT2D eigenvalue weighted by atomic mass is 35.5. The monoisotopic (exact) mass is 378 g/mol. The largest absolute Gasteiger partial charge is 0.345 e. The van der Waals surface area contributed by atoms with Gasteiger partial charge in [0.2, 0.25) is 0 Å². The van der Waals surface area contributed by atoms with E-state index < -0.39 is 0 Å². The maximum atomic E-state index is 13.2. The first-order valence-corrected chi connectivity index (χ1v) is 9.01. The lowest BCUT2D eigenvalue weighted by molar-refractivity contribution is 0.0595. The Morgan fingerprint density at radius 3 is 3.00 bits per heavy atom. The van der Waals surface area contributed by atoms with Gasteiger partial charge in [0.25, 0.3) is 5.91 Å². The highest BCUT2D eigenvalue weighted by Gasteiger charge is 2.41. The van der Waals surface area contributed by atoms with E-state index in [1.165, 1.54) is 11.1 Å². The number of imidazole rings is 1. The summed E-state index contributed by atoms with van der Waals surface area (Å²) in [5.74, 6) is 0.427. The van der Waals surface area contributed by atoms with Crippen LogP contribution >= 0.6 is 12.4 Å². The Kier molecular flexibility index (Phi) is 4.37. The van der Waals surface area contributed by atoms with E-state index in [0.717, 1.165) is 36.8 Å². The average molecular weight is 379 g/mol. The summed E-state index contributed by atoms with van der Waals surface area (Å²) >= 11 is 0. The van der Waals surface area contributed by atoms with Crippen LogP contribution < -0.4 is 0 Å². The quantitative estimate of drug-likeness (QED) is 0.700. The number of hydrogen-bond acceptors (Lipinski definition) is 3. The zero-order valence-corrected chi connectivity index (χ0v) is 15.5. The zero-order chi connectivity index (χ0) is 17.7. The van der Waals surface area contributed by atoms with Crippen molar-refractivity contribution in [2.45, 2.75) is 31.2 Å². The van der Waals surface area contributed by atoms with E-state index in [9.17, 15) is 10.1 Å². The third-order valence-corrected chi connectivity index (χ3v) is 5.81. The van der Waals surface area contributed by atoms with Crippen molar-refractivity contribution in [1.29, 1.82) is 5.26 Å². The van der Waals surface area contributed by atoms with E-state index in [-0.39, 0.29) is 24.4 Å². The van der Waals surface area contributed by atoms with Gasteiger partial charge in [-0.05, 0) is 60.7 Å². The maximum Gasteiger partial charge on any atom is 0.254 e. The standard InChI is InChI=1S/C21H18N4O.ClH/c22-11-13-3-4-14-10-20-16(17(14)8-13)2-1-7-25(20)21(26)15-5-6-18-19(9-15)24-12-23-18;/h3-6,8-9,12,16,20H,1-2,7,10H2,(H,23,24);1H/t16-,20+;/m0./s1. The molecule has 0 spiro atoms. The molecule has 2 aromatic carbocycles. The molecule has 1 N–H and O–H groups in total. The number of piperidine rings is 1. The molecule has 2 aliphatic rings. The molecule has 5 rings (SSSR count). The molecule has 2 atom stereocenters. The highest BCUT2D eigenvalue weighted by Crippen LogP contribution is 2.42. The molecule has 3 aromatic rings. The Hall–Kier alpha value is -2.84. The summed E-state index contributed by atoms with van der Waals surface area (Å²) in [6.07, 6.45) is 4.60. The molecule has 6 heteroatoms. The van der Waals surface area contributed by atoms with Crippen LogP contribution in [0.2, 0.25) is 0 Å². The van der Waals surface area contributed by atoms with E-state index in [2.05, 4.69) is 22.1 Å². The third kappa shape index (κ3) is 2.77. The topological polar surface area (TPSA) is 72.8 Å². The predicted octanol–water partition coefficient (Wildman–Crippen LogP) is 3.80. The first-order chi connectivity index (χ1) is 12.7. The molecule has 0 radical (unpaired) electrons. The zero-order valence-electron chi connectivity index (χ0n) is 14.7. The van der Waals surface area contributed by atoms with Crippen LogP contribution in [0.1, 0.15) is 45.8 Å². The van der Waals surface area contributed by atoms with Crippen LogP contribution in [0.4, 0.5) is 0 Å². The van der Waals surface area contributed by atoms with Gasteiger partial charge in [-0.15, -0.1) is 12.4 Å². The number of likely N-dealkylation sites (tertiary alicyclic amines) is 1. The number of nitrogens with zero attached hydrogens (tertiary/aromatic N) is 3. The molecule has 5 nitrogen and oxygen atoms in total. The van der Waals surface area contributed by atoms with Crippen molar-refractivity contribution < 1.29 is 4.79 Å². The molecule has 1 aliphatic carbocycles. The molecule has 27 heavy (non-hydrogen) atoms. The van der Waals surface area contributed by atoms with E-state index in [1.54, 1.807) is 6.33 Å². The van der Waals surface area contributed by atoms with Crippen molar-refractivity contribution in [2.24, 2.45) is 0 Å². The van der Waals surface area contributed by atoms with Gasteiger partial charge >= 0.3 is 0 Å². The summed E-state index contributed by atoms with van der Waals surface area (Å²) in [6, 6.07) is 14.0. The lowest BCUT2D eigenvalue weighted by atomic mass is 9.88. The van der Waals surface area contributed by atoms with Gasteiger partial charge in [0, 0.05) is 24.1 Å². The van der Waals surface area contributed by atoms with Crippen LogP contribution in [0.25, 0.3) is 11.0 Å². The second-order valence-corrected chi connectivity index (χ2v) is 7.18. The second kappa shape index (κ2) is 6.71. The minimum absolute atomic E-state index is 0. The number of hydrogen-bond donors (Lipinski definition) is 1. The van der Waals surface area contributed by atoms with Crippen molar-refractivity contribution in [1.82, 2.24) is 14.9 Å². The number of aromatic amines is 1. The van der Waals surface area contributed by atoms with Crippen molar-refractivity contribution in [3.8, 4) is 6.07 Å². The van der Waals surface area contributed by atoms with Crippen molar-refractivity contribution >= 4 is 29.3 Å². The summed E-state index contributed by atoms with van der Waals surface area (Å²) in [5, 5.41) is 9.20. The normalized spacial score (nSPS) is 20.5. The molecule has 0 unspecified atom stereocenters. The number of amides is 1. The number of aromatic nitrogens is 2. The second-order valence-electron chi connectivity index (χ2n) is 7.18. The van der Waals surface area contributed by atoms with Crippen molar-refractivity contribution in [2.75, 3.05) is 6.54 Å². The summed E-state index contributed by atoms with van der Waals surface area (Å²) in [4.78, 5) is 22.6. The van der Waals surface area contributed by atoms with Gasteiger partial charge in [0.15, 0.2) is 0 Å². The van der Waals surface area contributed by atoms with Gasteiger partial charge in [-0.3, -0.25) is 4.79 Å². The number of rotatable bonds is 1. The Morgan fingerprint density at radius 2 is 2.15 bits per heavy atom. The summed E-state index contributed by atoms with van der Waals surface area (Å²) in [5.41, 5.74) is 5.71. The van der Waals surface area contributed by atoms with Crippen molar-refractivity contribution in [3.05, 3.63) is 65.0 Å². The highest BCUT2D eigenvalue weighted by molar-refractivity contribution is 5.97. The smallest absolute Gasteiger partial charge is 0.254 e. The first kappa shape index (κ1) is 17.6. The molecular formula is C21H19ClN4O. The molecule has 1 saturated heterocycles. The fraction of sp³-hybridized carbons (Fsp3) is 0.286. The van der Waals surface area contributed by atoms with E-state index in [1.807, 2.05) is 35.2 Å². The first-order valence-electron chi connectivity index (χ1n) is 9.01. The number of benzene rings is 2. The minimum atomic E-state index is 0. The number of fused-ring (bicyclic) bond motifs is 4. The number of carbonyl (C=O) groups excluding carboxylic acids is 1. The lowest BCUT2D eigenvalue weighted by Crippen LogP contribution is -2.46. The molecule has 1 aliphatic heterocycles. The number of carbonyl (C=O) groups is 1. The number of nitriles is 1. The van der Waals surface area contributed by atoms with Gasteiger partial charge in [-0.1, -0.05) is 6.07 Å². The SMILES string of the molecule is Cl.N#Cc1ccc2c(c1)[C@@H]1CCCN(C(=O)c3ccc4nc[nH]c4c3)[C@@H]1C2. The molecule has 136 valence electrons. The Balaban J connectivity index is 0.00000180. The Morgan fingerprint density at radius 1 is 1.26 bits per heavy atom. The minimum Gasteiger partial charge on any atom is -0.345 e. The van der Waals surface area contributed by atoms with Crippen LogP contribution in [0.15, 0.2) is 42.7 Å². The van der Waals surface area contributed by atoms with Crippen LogP contribution in [-0.2, 0) is 6.42 Å². The average Bonchev–Trinajstić information content (AvgIpc) is 3.30. The van der Waals surface area contributed by atoms with Crippen LogP contribution in [-0.4, -0.2) is 33.4 Å². The van der Waals surface area contributed by atoms with Crippen LogP contribution in [0, 0.1) is 11.3 Å². The Labute approximate surface area is 163 Å². The molecule has 1 aromatic heterocycles. The van der Waals surface area contributed by atoms with Crippen LogP contribution in [0.3, 0.4) is 0 Å². The van der Waals surface area contributed by atoms with Crippen molar-refractivity contribution in [3.63, 3.8) is 0 Å². The number of halogens is 1. The fourth-order valence-corrected chi connectivity index (χ4v) is 4.58. The Bertz CT molecular complexity index is 1070. The van der Waals surface area contributed by atoms with Gasteiger partial charge in [0.05, 0.1) is 29.0 Å². The maximum absolute atomic E-state index is 13.2. The molecule has 2 heterocycles. The van der Waals surface area contributed by atoms with E-state index in [4.69, 9.17) is 0 Å². The molecule has 0 saturated carbocycles. The van der Waals surface area contributed by atoms with E-state index in [0.29, 0.717) is 17.0 Å². The third-order valence-electron chi connectivity index (χ3n) is 5.81. The number of H-pyrrole nitrogens is 1.